The van der Waals surface area contributed by atoms with Crippen molar-refractivity contribution in [1.29, 1.82) is 0 Å². The van der Waals surface area contributed by atoms with Crippen LogP contribution in [0.3, 0.4) is 0 Å². The van der Waals surface area contributed by atoms with Crippen LogP contribution in [-0.4, -0.2) is 12.6 Å². The lowest BCUT2D eigenvalue weighted by molar-refractivity contribution is 0.354. The summed E-state index contributed by atoms with van der Waals surface area (Å²) in [6, 6.07) is 8.72. The standard InChI is InChI=1S/C13H16ClNO/c1-10(14)9-16-13-5-3-2-4-11(13)8-15-12-6-7-12/h2-5,12,15H,1,6-9H2. The molecule has 0 bridgehead atoms. The van der Waals surface area contributed by atoms with Crippen molar-refractivity contribution in [3.63, 3.8) is 0 Å². The molecule has 1 aliphatic rings. The summed E-state index contributed by atoms with van der Waals surface area (Å²) in [7, 11) is 0. The normalized spacial score (nSPS) is 14.8. The highest BCUT2D eigenvalue weighted by Gasteiger charge is 2.20. The SMILES string of the molecule is C=C(Cl)COc1ccccc1CNC1CC1. The summed E-state index contributed by atoms with van der Waals surface area (Å²) in [5, 5.41) is 3.98. The molecule has 0 atom stereocenters. The van der Waals surface area contributed by atoms with E-state index in [9.17, 15) is 0 Å². The minimum atomic E-state index is 0.363. The lowest BCUT2D eigenvalue weighted by Crippen LogP contribution is -2.16. The molecule has 1 fully saturated rings. The van der Waals surface area contributed by atoms with Gasteiger partial charge in [0.1, 0.15) is 12.4 Å². The zero-order valence-corrected chi connectivity index (χ0v) is 9.96. The van der Waals surface area contributed by atoms with Crippen molar-refractivity contribution in [2.24, 2.45) is 0 Å². The second-order valence-corrected chi connectivity index (χ2v) is 4.60. The Balaban J connectivity index is 1.94. The first-order valence-corrected chi connectivity index (χ1v) is 5.91. The predicted octanol–water partition coefficient (Wildman–Crippen LogP) is 3.07. The minimum Gasteiger partial charge on any atom is -0.488 e. The van der Waals surface area contributed by atoms with Crippen molar-refractivity contribution < 1.29 is 4.74 Å². The molecule has 16 heavy (non-hydrogen) atoms. The van der Waals surface area contributed by atoms with Crippen LogP contribution >= 0.6 is 11.6 Å². The first kappa shape index (κ1) is 11.5. The van der Waals surface area contributed by atoms with E-state index in [1.165, 1.54) is 18.4 Å². The van der Waals surface area contributed by atoms with E-state index in [-0.39, 0.29) is 0 Å². The molecule has 1 aromatic rings. The van der Waals surface area contributed by atoms with Crippen LogP contribution in [0.25, 0.3) is 0 Å². The molecule has 86 valence electrons. The molecular formula is C13H16ClNO. The van der Waals surface area contributed by atoms with Crippen LogP contribution in [-0.2, 0) is 6.54 Å². The van der Waals surface area contributed by atoms with Gasteiger partial charge in [-0.1, -0.05) is 36.4 Å². The molecule has 3 heteroatoms. The van der Waals surface area contributed by atoms with Crippen LogP contribution in [0.5, 0.6) is 5.75 Å². The molecular weight excluding hydrogens is 222 g/mol. The number of benzene rings is 1. The maximum atomic E-state index is 5.68. The van der Waals surface area contributed by atoms with Crippen LogP contribution in [0.15, 0.2) is 35.9 Å². The Hall–Kier alpha value is -0.990. The number of ether oxygens (including phenoxy) is 1. The molecule has 0 heterocycles. The minimum absolute atomic E-state index is 0.363. The molecule has 0 amide bonds. The molecule has 1 saturated carbocycles. The van der Waals surface area contributed by atoms with Gasteiger partial charge < -0.3 is 10.1 Å². The molecule has 1 aromatic carbocycles. The fourth-order valence-electron chi connectivity index (χ4n) is 1.49. The van der Waals surface area contributed by atoms with Gasteiger partial charge >= 0.3 is 0 Å². The molecule has 0 aromatic heterocycles. The number of hydrogen-bond donors (Lipinski definition) is 1. The van der Waals surface area contributed by atoms with Gasteiger partial charge in [0, 0.05) is 23.2 Å². The Morgan fingerprint density at radius 1 is 1.44 bits per heavy atom. The van der Waals surface area contributed by atoms with Crippen LogP contribution in [0, 0.1) is 0 Å². The molecule has 1 aliphatic carbocycles. The average molecular weight is 238 g/mol. The van der Waals surface area contributed by atoms with Gasteiger partial charge in [-0.3, -0.25) is 0 Å². The summed E-state index contributed by atoms with van der Waals surface area (Å²) in [5.41, 5.74) is 1.17. The third kappa shape index (κ3) is 3.54. The summed E-state index contributed by atoms with van der Waals surface area (Å²) in [6.45, 7) is 4.83. The second kappa shape index (κ2) is 5.37. The van der Waals surface area contributed by atoms with Crippen LogP contribution < -0.4 is 10.1 Å². The molecule has 0 aliphatic heterocycles. The molecule has 0 unspecified atom stereocenters. The van der Waals surface area contributed by atoms with Gasteiger partial charge in [0.25, 0.3) is 0 Å². The van der Waals surface area contributed by atoms with Crippen molar-refractivity contribution in [3.8, 4) is 5.75 Å². The van der Waals surface area contributed by atoms with E-state index in [0.29, 0.717) is 17.7 Å². The highest BCUT2D eigenvalue weighted by atomic mass is 35.5. The third-order valence-electron chi connectivity index (χ3n) is 2.52. The number of hydrogen-bond acceptors (Lipinski definition) is 2. The zero-order valence-electron chi connectivity index (χ0n) is 9.21. The number of para-hydroxylation sites is 1. The van der Waals surface area contributed by atoms with Crippen molar-refractivity contribution in [2.45, 2.75) is 25.4 Å². The van der Waals surface area contributed by atoms with Crippen molar-refractivity contribution in [3.05, 3.63) is 41.4 Å². The Morgan fingerprint density at radius 2 is 2.19 bits per heavy atom. The lowest BCUT2D eigenvalue weighted by atomic mass is 10.2. The smallest absolute Gasteiger partial charge is 0.124 e. The Bertz CT molecular complexity index is 374. The van der Waals surface area contributed by atoms with E-state index < -0.39 is 0 Å². The summed E-state index contributed by atoms with van der Waals surface area (Å²) in [5.74, 6) is 0.887. The maximum absolute atomic E-state index is 5.68. The molecule has 1 N–H and O–H groups in total. The van der Waals surface area contributed by atoms with Gasteiger partial charge in [0.15, 0.2) is 0 Å². The summed E-state index contributed by atoms with van der Waals surface area (Å²) in [6.07, 6.45) is 2.59. The summed E-state index contributed by atoms with van der Waals surface area (Å²) in [4.78, 5) is 0. The van der Waals surface area contributed by atoms with E-state index in [1.807, 2.05) is 18.2 Å². The second-order valence-electron chi connectivity index (χ2n) is 4.07. The lowest BCUT2D eigenvalue weighted by Gasteiger charge is -2.11. The van der Waals surface area contributed by atoms with Gasteiger partial charge in [-0.2, -0.15) is 0 Å². The van der Waals surface area contributed by atoms with E-state index in [1.54, 1.807) is 0 Å². The first-order valence-electron chi connectivity index (χ1n) is 5.53. The number of halogens is 1. The highest BCUT2D eigenvalue weighted by molar-refractivity contribution is 6.29. The van der Waals surface area contributed by atoms with E-state index in [4.69, 9.17) is 16.3 Å². The van der Waals surface area contributed by atoms with Gasteiger partial charge in [0.2, 0.25) is 0 Å². The average Bonchev–Trinajstić information content (AvgIpc) is 3.08. The Labute approximate surface area is 101 Å². The number of rotatable bonds is 6. The summed E-state index contributed by atoms with van der Waals surface area (Å²) < 4.78 is 5.58. The quantitative estimate of drug-likeness (QED) is 0.821. The fraction of sp³-hybridized carbons (Fsp3) is 0.385. The largest absolute Gasteiger partial charge is 0.488 e. The summed E-state index contributed by atoms with van der Waals surface area (Å²) >= 11 is 5.68. The molecule has 2 nitrogen and oxygen atoms in total. The predicted molar refractivity (Wildman–Crippen MR) is 66.8 cm³/mol. The third-order valence-corrected chi connectivity index (χ3v) is 2.62. The van der Waals surface area contributed by atoms with Gasteiger partial charge in [-0.15, -0.1) is 0 Å². The molecule has 0 radical (unpaired) electrons. The fourth-order valence-corrected chi connectivity index (χ4v) is 1.54. The molecule has 2 rings (SSSR count). The molecule has 0 spiro atoms. The topological polar surface area (TPSA) is 21.3 Å². The van der Waals surface area contributed by atoms with Gasteiger partial charge in [-0.05, 0) is 18.9 Å². The number of nitrogens with one attached hydrogen (secondary N) is 1. The van der Waals surface area contributed by atoms with Crippen LogP contribution in [0.2, 0.25) is 0 Å². The maximum Gasteiger partial charge on any atom is 0.124 e. The Morgan fingerprint density at radius 3 is 2.88 bits per heavy atom. The molecule has 0 saturated heterocycles. The van der Waals surface area contributed by atoms with Crippen LogP contribution in [0.4, 0.5) is 0 Å². The Kier molecular flexibility index (Phi) is 3.86. The zero-order chi connectivity index (χ0) is 11.4. The highest BCUT2D eigenvalue weighted by Crippen LogP contribution is 2.22. The first-order chi connectivity index (χ1) is 7.75. The van der Waals surface area contributed by atoms with E-state index in [0.717, 1.165) is 12.3 Å². The van der Waals surface area contributed by atoms with Gasteiger partial charge in [0.05, 0.1) is 0 Å². The van der Waals surface area contributed by atoms with Crippen molar-refractivity contribution in [1.82, 2.24) is 5.32 Å². The van der Waals surface area contributed by atoms with Crippen molar-refractivity contribution in [2.75, 3.05) is 6.61 Å². The van der Waals surface area contributed by atoms with E-state index >= 15 is 0 Å². The van der Waals surface area contributed by atoms with Gasteiger partial charge in [-0.25, -0.2) is 0 Å². The monoisotopic (exact) mass is 237 g/mol. The van der Waals surface area contributed by atoms with E-state index in [2.05, 4.69) is 18.0 Å². The van der Waals surface area contributed by atoms with Crippen LogP contribution in [0.1, 0.15) is 18.4 Å². The van der Waals surface area contributed by atoms with Crippen molar-refractivity contribution >= 4 is 11.6 Å².